The number of aliphatic hydroxyl groups is 4. The summed E-state index contributed by atoms with van der Waals surface area (Å²) >= 11 is 1.20. The summed E-state index contributed by atoms with van der Waals surface area (Å²) in [5, 5.41) is 35.5. The van der Waals surface area contributed by atoms with E-state index in [1.165, 1.54) is 17.7 Å². The van der Waals surface area contributed by atoms with Crippen LogP contribution in [0, 0.1) is 5.94 Å². The van der Waals surface area contributed by atoms with Crippen molar-refractivity contribution in [2.75, 3.05) is 13.2 Å². The Balaban J connectivity index is 2.52. The molecule has 1 fully saturated rings. The summed E-state index contributed by atoms with van der Waals surface area (Å²) in [6.07, 6.45) is -2.63. The molecule has 13 heavy (non-hydrogen) atoms. The Kier molecular flexibility index (Phi) is 4.43. The summed E-state index contributed by atoms with van der Waals surface area (Å²) < 4.78 is 5.00. The van der Waals surface area contributed by atoms with Crippen LogP contribution in [-0.4, -0.2) is 57.2 Å². The van der Waals surface area contributed by atoms with Crippen molar-refractivity contribution >= 4 is 11.8 Å². The Hall–Kier alpha value is 0.150. The van der Waals surface area contributed by atoms with Gasteiger partial charge < -0.3 is 25.2 Å². The van der Waals surface area contributed by atoms with Crippen molar-refractivity contribution in [3.05, 3.63) is 5.94 Å². The highest BCUT2D eigenvalue weighted by molar-refractivity contribution is 8.02. The van der Waals surface area contributed by atoms with Gasteiger partial charge in [0.25, 0.3) is 0 Å². The van der Waals surface area contributed by atoms with E-state index in [9.17, 15) is 10.2 Å². The van der Waals surface area contributed by atoms with Gasteiger partial charge in [-0.2, -0.15) is 0 Å². The molecule has 0 saturated carbocycles. The molecule has 4 unspecified atom stereocenters. The van der Waals surface area contributed by atoms with Gasteiger partial charge in [-0.1, -0.05) is 0 Å². The van der Waals surface area contributed by atoms with Crippen LogP contribution < -0.4 is 0 Å². The highest BCUT2D eigenvalue weighted by atomic mass is 32.2. The molecule has 0 bridgehead atoms. The monoisotopic (exact) mass is 209 g/mol. The third-order valence-corrected chi connectivity index (χ3v) is 3.00. The van der Waals surface area contributed by atoms with E-state index in [0.717, 1.165) is 0 Å². The molecular formula is C7H13O5S. The van der Waals surface area contributed by atoms with Gasteiger partial charge in [0, 0.05) is 0 Å². The third-order valence-electron chi connectivity index (χ3n) is 1.88. The summed E-state index contributed by atoms with van der Waals surface area (Å²) in [5.74, 6) is 1.40. The van der Waals surface area contributed by atoms with Gasteiger partial charge in [-0.15, -0.1) is 11.8 Å². The van der Waals surface area contributed by atoms with Crippen LogP contribution in [-0.2, 0) is 4.74 Å². The lowest BCUT2D eigenvalue weighted by molar-refractivity contribution is -0.0414. The minimum Gasteiger partial charge on any atom is -0.394 e. The lowest BCUT2D eigenvalue weighted by Crippen LogP contribution is -2.43. The molecule has 1 aliphatic heterocycles. The quantitative estimate of drug-likeness (QED) is 0.442. The fraction of sp³-hybridized carbons (Fsp3) is 0.857. The maximum absolute atomic E-state index is 9.31. The Bertz CT molecular complexity index is 140. The second-order valence-corrected chi connectivity index (χ2v) is 3.81. The topological polar surface area (TPSA) is 90.2 Å². The van der Waals surface area contributed by atoms with Gasteiger partial charge in [0.1, 0.15) is 18.1 Å². The standard InChI is InChI=1S/C7H13O5S/c8-1-4(10)6-7(5(11)2-9)13-3-12-6/h3-11H,1-2H2. The molecule has 1 aliphatic rings. The summed E-state index contributed by atoms with van der Waals surface area (Å²) in [6, 6.07) is 0. The van der Waals surface area contributed by atoms with Crippen molar-refractivity contribution in [3.8, 4) is 0 Å². The van der Waals surface area contributed by atoms with Crippen LogP contribution in [0.15, 0.2) is 0 Å². The minimum atomic E-state index is -1.03. The van der Waals surface area contributed by atoms with Gasteiger partial charge in [0.15, 0.2) is 0 Å². The van der Waals surface area contributed by atoms with Crippen LogP contribution in [0.4, 0.5) is 0 Å². The van der Waals surface area contributed by atoms with Gasteiger partial charge in [0.05, 0.1) is 24.6 Å². The number of rotatable bonds is 4. The molecule has 0 spiro atoms. The molecule has 1 saturated heterocycles. The highest BCUT2D eigenvalue weighted by Gasteiger charge is 2.38. The molecule has 0 aliphatic carbocycles. The molecular weight excluding hydrogens is 196 g/mol. The number of thioether (sulfide) groups is 1. The van der Waals surface area contributed by atoms with Crippen molar-refractivity contribution in [1.82, 2.24) is 0 Å². The molecule has 77 valence electrons. The number of hydrogen-bond acceptors (Lipinski definition) is 6. The molecule has 0 aromatic rings. The molecule has 1 radical (unpaired) electrons. The van der Waals surface area contributed by atoms with Crippen LogP contribution in [0.25, 0.3) is 0 Å². The normalized spacial score (nSPS) is 33.2. The van der Waals surface area contributed by atoms with E-state index < -0.39 is 30.2 Å². The Labute approximate surface area is 80.3 Å². The van der Waals surface area contributed by atoms with Gasteiger partial charge >= 0.3 is 0 Å². The first-order valence-corrected chi connectivity index (χ1v) is 4.85. The Morgan fingerprint density at radius 1 is 1.23 bits per heavy atom. The average Bonchev–Trinajstić information content (AvgIpc) is 2.63. The highest BCUT2D eigenvalue weighted by Crippen LogP contribution is 2.33. The second kappa shape index (κ2) is 5.14. The molecule has 0 amide bonds. The zero-order valence-electron chi connectivity index (χ0n) is 6.91. The average molecular weight is 209 g/mol. The minimum absolute atomic E-state index is 0.385. The van der Waals surface area contributed by atoms with Crippen molar-refractivity contribution < 1.29 is 25.2 Å². The van der Waals surface area contributed by atoms with E-state index in [0.29, 0.717) is 0 Å². The van der Waals surface area contributed by atoms with Crippen LogP contribution in [0.1, 0.15) is 0 Å². The maximum atomic E-state index is 9.31. The Morgan fingerprint density at radius 2 is 1.85 bits per heavy atom. The molecule has 6 heteroatoms. The Morgan fingerprint density at radius 3 is 2.38 bits per heavy atom. The van der Waals surface area contributed by atoms with E-state index in [1.54, 1.807) is 0 Å². The van der Waals surface area contributed by atoms with Crippen LogP contribution >= 0.6 is 11.8 Å². The van der Waals surface area contributed by atoms with E-state index in [2.05, 4.69) is 0 Å². The summed E-state index contributed by atoms with van der Waals surface area (Å²) in [5.41, 5.74) is 0. The van der Waals surface area contributed by atoms with E-state index in [-0.39, 0.29) is 6.61 Å². The lowest BCUT2D eigenvalue weighted by atomic mass is 10.1. The lowest BCUT2D eigenvalue weighted by Gasteiger charge is -2.23. The SMILES string of the molecule is OCC(O)C1O[CH]SC1C(O)CO. The van der Waals surface area contributed by atoms with Gasteiger partial charge in [-0.05, 0) is 0 Å². The predicted molar refractivity (Wildman–Crippen MR) is 46.7 cm³/mol. The predicted octanol–water partition coefficient (Wildman–Crippen LogP) is -1.69. The first kappa shape index (κ1) is 11.2. The number of ether oxygens (including phenoxy) is 1. The fourth-order valence-electron chi connectivity index (χ4n) is 1.14. The van der Waals surface area contributed by atoms with Crippen molar-refractivity contribution in [1.29, 1.82) is 0 Å². The first-order chi connectivity index (χ1) is 6.20. The first-order valence-electron chi connectivity index (χ1n) is 3.91. The van der Waals surface area contributed by atoms with E-state index >= 15 is 0 Å². The van der Waals surface area contributed by atoms with E-state index in [1.807, 2.05) is 0 Å². The second-order valence-electron chi connectivity index (χ2n) is 2.80. The molecule has 4 N–H and O–H groups in total. The van der Waals surface area contributed by atoms with Gasteiger partial charge in [-0.3, -0.25) is 0 Å². The number of aliphatic hydroxyl groups excluding tert-OH is 4. The molecule has 1 heterocycles. The van der Waals surface area contributed by atoms with Gasteiger partial charge in [0.2, 0.25) is 0 Å². The summed E-state index contributed by atoms with van der Waals surface area (Å²) in [6.45, 7) is -0.808. The van der Waals surface area contributed by atoms with Crippen LogP contribution in [0.3, 0.4) is 0 Å². The fourth-order valence-corrected chi connectivity index (χ4v) is 2.13. The zero-order valence-corrected chi connectivity index (χ0v) is 7.72. The summed E-state index contributed by atoms with van der Waals surface area (Å²) in [7, 11) is 0. The summed E-state index contributed by atoms with van der Waals surface area (Å²) in [4.78, 5) is 0. The van der Waals surface area contributed by atoms with Crippen molar-refractivity contribution in [2.45, 2.75) is 23.6 Å². The zero-order chi connectivity index (χ0) is 9.84. The molecule has 1 rings (SSSR count). The molecule has 5 nitrogen and oxygen atoms in total. The molecule has 0 aromatic heterocycles. The van der Waals surface area contributed by atoms with Crippen LogP contribution in [0.2, 0.25) is 0 Å². The molecule has 4 atom stereocenters. The number of hydrogen-bond donors (Lipinski definition) is 4. The smallest absolute Gasteiger partial charge is 0.139 e. The van der Waals surface area contributed by atoms with Gasteiger partial charge in [-0.25, -0.2) is 0 Å². The van der Waals surface area contributed by atoms with Crippen molar-refractivity contribution in [2.24, 2.45) is 0 Å². The van der Waals surface area contributed by atoms with Crippen molar-refractivity contribution in [3.63, 3.8) is 0 Å². The van der Waals surface area contributed by atoms with Crippen LogP contribution in [0.5, 0.6) is 0 Å². The third kappa shape index (κ3) is 2.55. The maximum Gasteiger partial charge on any atom is 0.139 e. The van der Waals surface area contributed by atoms with E-state index in [4.69, 9.17) is 14.9 Å². The largest absolute Gasteiger partial charge is 0.394 e. The molecule has 0 aromatic carbocycles.